The minimum atomic E-state index is -0.784. The topological polar surface area (TPSA) is 88.5 Å². The quantitative estimate of drug-likeness (QED) is 0.632. The van der Waals surface area contributed by atoms with Crippen LogP contribution < -0.4 is 10.1 Å². The van der Waals surface area contributed by atoms with E-state index < -0.39 is 5.97 Å². The maximum absolute atomic E-state index is 12.1. The number of nitrogens with zero attached hydrogens (tertiary/aromatic N) is 1. The van der Waals surface area contributed by atoms with Gasteiger partial charge >= 0.3 is 5.97 Å². The van der Waals surface area contributed by atoms with Gasteiger partial charge in [-0.15, -0.1) is 11.3 Å². The number of nitrogens with one attached hydrogen (secondary N) is 1. The molecule has 0 aliphatic rings. The van der Waals surface area contributed by atoms with Crippen molar-refractivity contribution in [2.75, 3.05) is 6.54 Å². The van der Waals surface area contributed by atoms with Crippen LogP contribution in [0.5, 0.6) is 5.75 Å². The SMILES string of the molecule is Cc1nc(COc2cccc(C(=O)NCCCCCC(=O)O)c2)cs1. The molecule has 0 saturated heterocycles. The van der Waals surface area contributed by atoms with Crippen LogP contribution in [0.2, 0.25) is 0 Å². The minimum Gasteiger partial charge on any atom is -0.487 e. The Hall–Kier alpha value is -2.41. The fourth-order valence-corrected chi connectivity index (χ4v) is 2.84. The molecule has 2 aromatic rings. The summed E-state index contributed by atoms with van der Waals surface area (Å²) in [6.07, 6.45) is 2.34. The van der Waals surface area contributed by atoms with Crippen molar-refractivity contribution < 1.29 is 19.4 Å². The lowest BCUT2D eigenvalue weighted by molar-refractivity contribution is -0.137. The zero-order valence-electron chi connectivity index (χ0n) is 14.2. The fraction of sp³-hybridized carbons (Fsp3) is 0.389. The number of carboxylic acid groups (broad SMARTS) is 1. The minimum absolute atomic E-state index is 0.159. The second-order valence-corrected chi connectivity index (χ2v) is 6.70. The molecule has 0 fully saturated rings. The van der Waals surface area contributed by atoms with Gasteiger partial charge in [0.1, 0.15) is 12.4 Å². The maximum Gasteiger partial charge on any atom is 0.303 e. The Labute approximate surface area is 150 Å². The molecule has 0 bridgehead atoms. The summed E-state index contributed by atoms with van der Waals surface area (Å²) in [5, 5.41) is 14.4. The summed E-state index contributed by atoms with van der Waals surface area (Å²) in [5.41, 5.74) is 1.41. The van der Waals surface area contributed by atoms with E-state index >= 15 is 0 Å². The zero-order valence-corrected chi connectivity index (χ0v) is 15.0. The molecule has 1 aromatic heterocycles. The number of rotatable bonds is 10. The molecule has 25 heavy (non-hydrogen) atoms. The lowest BCUT2D eigenvalue weighted by Gasteiger charge is -2.08. The first-order valence-electron chi connectivity index (χ1n) is 8.18. The van der Waals surface area contributed by atoms with Crippen molar-refractivity contribution in [3.8, 4) is 5.75 Å². The third-order valence-electron chi connectivity index (χ3n) is 3.50. The molecule has 0 saturated carbocycles. The highest BCUT2D eigenvalue weighted by Gasteiger charge is 2.07. The van der Waals surface area contributed by atoms with Crippen LogP contribution in [0.15, 0.2) is 29.6 Å². The Morgan fingerprint density at radius 2 is 2.12 bits per heavy atom. The number of aromatic nitrogens is 1. The predicted octanol–water partition coefficient (Wildman–Crippen LogP) is 3.41. The molecule has 0 aliphatic carbocycles. The second kappa shape index (κ2) is 9.78. The summed E-state index contributed by atoms with van der Waals surface area (Å²) in [6, 6.07) is 7.03. The Morgan fingerprint density at radius 1 is 1.28 bits per heavy atom. The van der Waals surface area contributed by atoms with Gasteiger partial charge in [-0.2, -0.15) is 0 Å². The molecule has 0 radical (unpaired) electrons. The number of aliphatic carboxylic acids is 1. The van der Waals surface area contributed by atoms with Gasteiger partial charge in [0.15, 0.2) is 0 Å². The van der Waals surface area contributed by atoms with Crippen LogP contribution in [0.4, 0.5) is 0 Å². The van der Waals surface area contributed by atoms with Crippen molar-refractivity contribution in [1.82, 2.24) is 10.3 Å². The molecular formula is C18H22N2O4S. The third-order valence-corrected chi connectivity index (χ3v) is 4.32. The number of carbonyl (C=O) groups excluding carboxylic acids is 1. The Morgan fingerprint density at radius 3 is 2.84 bits per heavy atom. The lowest BCUT2D eigenvalue weighted by atomic mass is 10.1. The van der Waals surface area contributed by atoms with Gasteiger partial charge in [0.25, 0.3) is 5.91 Å². The number of benzene rings is 1. The van der Waals surface area contributed by atoms with Crippen molar-refractivity contribution in [1.29, 1.82) is 0 Å². The Kier molecular flexibility index (Phi) is 7.40. The first-order chi connectivity index (χ1) is 12.0. The van der Waals surface area contributed by atoms with Gasteiger partial charge in [-0.05, 0) is 38.0 Å². The molecular weight excluding hydrogens is 340 g/mol. The highest BCUT2D eigenvalue weighted by Crippen LogP contribution is 2.16. The zero-order chi connectivity index (χ0) is 18.1. The number of amides is 1. The van der Waals surface area contributed by atoms with Crippen molar-refractivity contribution in [2.45, 2.75) is 39.2 Å². The summed E-state index contributed by atoms with van der Waals surface area (Å²) >= 11 is 1.58. The largest absolute Gasteiger partial charge is 0.487 e. The Balaban J connectivity index is 1.75. The first-order valence-corrected chi connectivity index (χ1v) is 9.06. The predicted molar refractivity (Wildman–Crippen MR) is 96.1 cm³/mol. The maximum atomic E-state index is 12.1. The molecule has 6 nitrogen and oxygen atoms in total. The molecule has 0 aliphatic heterocycles. The van der Waals surface area contributed by atoms with Crippen LogP contribution in [0, 0.1) is 6.92 Å². The normalized spacial score (nSPS) is 10.4. The molecule has 2 N–H and O–H groups in total. The van der Waals surface area contributed by atoms with E-state index in [0.29, 0.717) is 30.9 Å². The summed E-state index contributed by atoms with van der Waals surface area (Å²) in [6.45, 7) is 2.85. The van der Waals surface area contributed by atoms with Crippen LogP contribution >= 0.6 is 11.3 Å². The van der Waals surface area contributed by atoms with Crippen LogP contribution in [0.1, 0.15) is 46.7 Å². The summed E-state index contributed by atoms with van der Waals surface area (Å²) in [5.74, 6) is -0.318. The molecule has 7 heteroatoms. The smallest absolute Gasteiger partial charge is 0.303 e. The standard InChI is InChI=1S/C18H22N2O4S/c1-13-20-15(12-25-13)11-24-16-7-5-6-14(10-16)18(23)19-9-4-2-3-8-17(21)22/h5-7,10,12H,2-4,8-9,11H2,1H3,(H,19,23)(H,21,22). The van der Waals surface area contributed by atoms with Gasteiger partial charge in [-0.3, -0.25) is 9.59 Å². The van der Waals surface area contributed by atoms with E-state index in [-0.39, 0.29) is 12.3 Å². The van der Waals surface area contributed by atoms with E-state index in [1.807, 2.05) is 18.4 Å². The molecule has 1 heterocycles. The van der Waals surface area contributed by atoms with Crippen LogP contribution in [0.3, 0.4) is 0 Å². The van der Waals surface area contributed by atoms with Crippen molar-refractivity contribution >= 4 is 23.2 Å². The number of ether oxygens (including phenoxy) is 1. The van der Waals surface area contributed by atoms with E-state index in [0.717, 1.165) is 23.5 Å². The molecule has 0 spiro atoms. The third kappa shape index (κ3) is 6.93. The number of aryl methyl sites for hydroxylation is 1. The monoisotopic (exact) mass is 362 g/mol. The van der Waals surface area contributed by atoms with Gasteiger partial charge in [-0.25, -0.2) is 4.98 Å². The second-order valence-electron chi connectivity index (χ2n) is 5.63. The number of carbonyl (C=O) groups is 2. The number of hydrogen-bond acceptors (Lipinski definition) is 5. The van der Waals surface area contributed by atoms with E-state index in [1.165, 1.54) is 0 Å². The van der Waals surface area contributed by atoms with Gasteiger partial charge in [0.05, 0.1) is 10.7 Å². The Bertz CT molecular complexity index is 715. The van der Waals surface area contributed by atoms with E-state index in [9.17, 15) is 9.59 Å². The van der Waals surface area contributed by atoms with Crippen molar-refractivity contribution in [3.63, 3.8) is 0 Å². The van der Waals surface area contributed by atoms with Gasteiger partial charge < -0.3 is 15.2 Å². The molecule has 1 amide bonds. The number of unbranched alkanes of at least 4 members (excludes halogenated alkanes) is 2. The van der Waals surface area contributed by atoms with Crippen molar-refractivity contribution in [2.24, 2.45) is 0 Å². The van der Waals surface area contributed by atoms with E-state index in [2.05, 4.69) is 10.3 Å². The van der Waals surface area contributed by atoms with Crippen LogP contribution in [0.25, 0.3) is 0 Å². The summed E-state index contributed by atoms with van der Waals surface area (Å²) in [7, 11) is 0. The highest BCUT2D eigenvalue weighted by molar-refractivity contribution is 7.09. The summed E-state index contributed by atoms with van der Waals surface area (Å²) < 4.78 is 5.68. The average molecular weight is 362 g/mol. The number of carboxylic acids is 1. The number of thiazole rings is 1. The fourth-order valence-electron chi connectivity index (χ4n) is 2.24. The van der Waals surface area contributed by atoms with Crippen LogP contribution in [-0.2, 0) is 11.4 Å². The molecule has 2 rings (SSSR count). The van der Waals surface area contributed by atoms with E-state index in [4.69, 9.17) is 9.84 Å². The molecule has 134 valence electrons. The van der Waals surface area contributed by atoms with Crippen LogP contribution in [-0.4, -0.2) is 28.5 Å². The van der Waals surface area contributed by atoms with Gasteiger partial charge in [0, 0.05) is 23.9 Å². The van der Waals surface area contributed by atoms with Gasteiger partial charge in [0.2, 0.25) is 0 Å². The number of hydrogen-bond donors (Lipinski definition) is 2. The lowest BCUT2D eigenvalue weighted by Crippen LogP contribution is -2.24. The summed E-state index contributed by atoms with van der Waals surface area (Å²) in [4.78, 5) is 26.9. The highest BCUT2D eigenvalue weighted by atomic mass is 32.1. The van der Waals surface area contributed by atoms with Gasteiger partial charge in [-0.1, -0.05) is 12.5 Å². The average Bonchev–Trinajstić information content (AvgIpc) is 3.01. The molecule has 1 aromatic carbocycles. The van der Waals surface area contributed by atoms with E-state index in [1.54, 1.807) is 29.5 Å². The molecule has 0 unspecified atom stereocenters. The molecule has 0 atom stereocenters. The van der Waals surface area contributed by atoms with Crippen molar-refractivity contribution in [3.05, 3.63) is 45.9 Å². The first kappa shape index (κ1) is 18.9.